The largest absolute Gasteiger partial charge is 0.497 e. The number of methoxy groups -OCH3 is 1. The zero-order valence-corrected chi connectivity index (χ0v) is 25.2. The molecule has 1 N–H and O–H groups in total. The highest BCUT2D eigenvalue weighted by atomic mass is 35.5. The van der Waals surface area contributed by atoms with Gasteiger partial charge in [-0.05, 0) is 88.7 Å². The van der Waals surface area contributed by atoms with Crippen LogP contribution in [0.15, 0.2) is 77.7 Å². The van der Waals surface area contributed by atoms with Crippen LogP contribution in [0.4, 0.5) is 5.69 Å². The number of aryl methyl sites for hydroxylation is 1. The molecular formula is C30H36ClN3O5S. The molecule has 0 heterocycles. The topological polar surface area (TPSA) is 96.0 Å². The molecule has 0 aliphatic rings. The molecule has 0 bridgehead atoms. The van der Waals surface area contributed by atoms with Crippen molar-refractivity contribution in [2.75, 3.05) is 18.0 Å². The summed E-state index contributed by atoms with van der Waals surface area (Å²) in [4.78, 5) is 28.5. The molecule has 0 saturated carbocycles. The van der Waals surface area contributed by atoms with Crippen LogP contribution in [0.5, 0.6) is 5.75 Å². The SMILES string of the molecule is COc1ccc(S(=O)(=O)N(CC(=O)N(Cc2ccc(C)cc2)C(C)C(=O)NC(C)(C)C)c2ccc(Cl)cc2)cc1. The van der Waals surface area contributed by atoms with E-state index in [-0.39, 0.29) is 23.0 Å². The van der Waals surface area contributed by atoms with Crippen LogP contribution in [-0.4, -0.2) is 50.4 Å². The summed E-state index contributed by atoms with van der Waals surface area (Å²) in [5, 5.41) is 3.34. The molecule has 1 atom stereocenters. The Kier molecular flexibility index (Phi) is 9.87. The lowest BCUT2D eigenvalue weighted by molar-refractivity contribution is -0.140. The van der Waals surface area contributed by atoms with Gasteiger partial charge >= 0.3 is 0 Å². The highest BCUT2D eigenvalue weighted by molar-refractivity contribution is 7.92. The molecule has 3 aromatic carbocycles. The number of sulfonamides is 1. The maximum atomic E-state index is 13.9. The van der Waals surface area contributed by atoms with E-state index in [1.807, 2.05) is 52.0 Å². The fourth-order valence-electron chi connectivity index (χ4n) is 3.96. The lowest BCUT2D eigenvalue weighted by Crippen LogP contribution is -2.54. The van der Waals surface area contributed by atoms with Crippen LogP contribution < -0.4 is 14.4 Å². The van der Waals surface area contributed by atoms with Crippen LogP contribution in [0.2, 0.25) is 5.02 Å². The van der Waals surface area contributed by atoms with E-state index >= 15 is 0 Å². The maximum absolute atomic E-state index is 13.9. The molecule has 3 aromatic rings. The number of hydrogen-bond donors (Lipinski definition) is 1. The predicted octanol–water partition coefficient (Wildman–Crippen LogP) is 5.18. The van der Waals surface area contributed by atoms with Crippen molar-refractivity contribution in [2.24, 2.45) is 0 Å². The highest BCUT2D eigenvalue weighted by Gasteiger charge is 2.33. The van der Waals surface area contributed by atoms with Crippen LogP contribution in [0.1, 0.15) is 38.8 Å². The van der Waals surface area contributed by atoms with Crippen molar-refractivity contribution in [3.63, 3.8) is 0 Å². The second-order valence-electron chi connectivity index (χ2n) is 10.6. The molecule has 0 fully saturated rings. The summed E-state index contributed by atoms with van der Waals surface area (Å²) in [5.41, 5.74) is 1.61. The van der Waals surface area contributed by atoms with Gasteiger partial charge in [-0.25, -0.2) is 8.42 Å². The fraction of sp³-hybridized carbons (Fsp3) is 0.333. The van der Waals surface area contributed by atoms with Crippen molar-refractivity contribution in [3.8, 4) is 5.75 Å². The van der Waals surface area contributed by atoms with E-state index in [2.05, 4.69) is 5.32 Å². The van der Waals surface area contributed by atoms with E-state index in [0.29, 0.717) is 10.8 Å². The Morgan fingerprint density at radius 3 is 2.05 bits per heavy atom. The van der Waals surface area contributed by atoms with Crippen molar-refractivity contribution in [1.82, 2.24) is 10.2 Å². The smallest absolute Gasteiger partial charge is 0.264 e. The molecule has 0 spiro atoms. The first-order chi connectivity index (χ1) is 18.7. The van der Waals surface area contributed by atoms with E-state index in [1.54, 1.807) is 19.1 Å². The number of rotatable bonds is 10. The van der Waals surface area contributed by atoms with Crippen LogP contribution in [0.25, 0.3) is 0 Å². The first kappa shape index (κ1) is 31.0. The Labute approximate surface area is 241 Å². The third kappa shape index (κ3) is 7.99. The summed E-state index contributed by atoms with van der Waals surface area (Å²) in [7, 11) is -2.70. The molecule has 2 amide bonds. The molecule has 3 rings (SSSR count). The average Bonchev–Trinajstić information content (AvgIpc) is 2.90. The van der Waals surface area contributed by atoms with Gasteiger partial charge in [0, 0.05) is 17.1 Å². The molecule has 0 aliphatic carbocycles. The zero-order chi connectivity index (χ0) is 29.7. The van der Waals surface area contributed by atoms with Crippen LogP contribution in [0, 0.1) is 6.92 Å². The predicted molar refractivity (Wildman–Crippen MR) is 158 cm³/mol. The first-order valence-electron chi connectivity index (χ1n) is 12.8. The number of anilines is 1. The third-order valence-corrected chi connectivity index (χ3v) is 8.22. The summed E-state index contributed by atoms with van der Waals surface area (Å²) in [6.45, 7) is 8.75. The van der Waals surface area contributed by atoms with Crippen molar-refractivity contribution >= 4 is 39.1 Å². The van der Waals surface area contributed by atoms with Gasteiger partial charge in [0.2, 0.25) is 11.8 Å². The van der Waals surface area contributed by atoms with Gasteiger partial charge in [-0.2, -0.15) is 0 Å². The molecule has 0 saturated heterocycles. The standard InChI is InChI=1S/C30H36ClN3O5S/c1-21-7-9-23(10-8-21)19-33(22(2)29(36)32-30(3,4)5)28(35)20-34(25-13-11-24(31)12-14-25)40(37,38)27-17-15-26(39-6)16-18-27/h7-18,22H,19-20H2,1-6H3,(H,32,36). The number of ether oxygens (including phenoxy) is 1. The Bertz CT molecular complexity index is 1420. The second kappa shape index (κ2) is 12.7. The molecular weight excluding hydrogens is 550 g/mol. The van der Waals surface area contributed by atoms with Gasteiger partial charge in [0.1, 0.15) is 18.3 Å². The van der Waals surface area contributed by atoms with Gasteiger partial charge in [-0.15, -0.1) is 0 Å². The molecule has 8 nitrogen and oxygen atoms in total. The van der Waals surface area contributed by atoms with Gasteiger partial charge in [0.15, 0.2) is 0 Å². The lowest BCUT2D eigenvalue weighted by Gasteiger charge is -2.33. The van der Waals surface area contributed by atoms with Crippen LogP contribution in [-0.2, 0) is 26.2 Å². The number of hydrogen-bond acceptors (Lipinski definition) is 5. The average molecular weight is 586 g/mol. The minimum atomic E-state index is -4.19. The fourth-order valence-corrected chi connectivity index (χ4v) is 5.50. The number of amides is 2. The van der Waals surface area contributed by atoms with Gasteiger partial charge < -0.3 is 15.0 Å². The van der Waals surface area contributed by atoms with Gasteiger partial charge in [0.25, 0.3) is 10.0 Å². The monoisotopic (exact) mass is 585 g/mol. The number of halogens is 1. The molecule has 0 aliphatic heterocycles. The number of nitrogens with one attached hydrogen (secondary N) is 1. The molecule has 0 aromatic heterocycles. The van der Waals surface area contributed by atoms with Crippen molar-refractivity contribution < 1.29 is 22.7 Å². The van der Waals surface area contributed by atoms with E-state index in [0.717, 1.165) is 15.4 Å². The summed E-state index contributed by atoms with van der Waals surface area (Å²) >= 11 is 6.07. The van der Waals surface area contributed by atoms with E-state index < -0.39 is 34.1 Å². The minimum absolute atomic E-state index is 0.0142. The Morgan fingerprint density at radius 1 is 0.950 bits per heavy atom. The minimum Gasteiger partial charge on any atom is -0.497 e. The number of carbonyl (C=O) groups is 2. The zero-order valence-electron chi connectivity index (χ0n) is 23.6. The number of nitrogens with zero attached hydrogens (tertiary/aromatic N) is 2. The third-order valence-electron chi connectivity index (χ3n) is 6.18. The lowest BCUT2D eigenvalue weighted by atomic mass is 10.1. The van der Waals surface area contributed by atoms with Crippen molar-refractivity contribution in [1.29, 1.82) is 0 Å². The van der Waals surface area contributed by atoms with E-state index in [1.165, 1.54) is 48.4 Å². The number of carbonyl (C=O) groups excluding carboxylic acids is 2. The molecule has 0 radical (unpaired) electrons. The molecule has 214 valence electrons. The molecule has 40 heavy (non-hydrogen) atoms. The Morgan fingerprint density at radius 2 is 1.52 bits per heavy atom. The van der Waals surface area contributed by atoms with Crippen molar-refractivity contribution in [2.45, 2.75) is 57.6 Å². The molecule has 1 unspecified atom stereocenters. The van der Waals surface area contributed by atoms with Crippen LogP contribution in [0.3, 0.4) is 0 Å². The molecule has 10 heteroatoms. The van der Waals surface area contributed by atoms with E-state index in [9.17, 15) is 18.0 Å². The quantitative estimate of drug-likeness (QED) is 0.353. The summed E-state index contributed by atoms with van der Waals surface area (Å²) < 4.78 is 33.9. The second-order valence-corrected chi connectivity index (χ2v) is 12.9. The van der Waals surface area contributed by atoms with E-state index in [4.69, 9.17) is 16.3 Å². The van der Waals surface area contributed by atoms with Gasteiger partial charge in [0.05, 0.1) is 17.7 Å². The van der Waals surface area contributed by atoms with Crippen LogP contribution >= 0.6 is 11.6 Å². The summed E-state index contributed by atoms with van der Waals surface area (Å²) in [6, 6.07) is 18.9. The highest BCUT2D eigenvalue weighted by Crippen LogP contribution is 2.27. The Hall–Kier alpha value is -3.56. The first-order valence-corrected chi connectivity index (χ1v) is 14.6. The Balaban J connectivity index is 2.03. The number of benzene rings is 3. The summed E-state index contributed by atoms with van der Waals surface area (Å²) in [5.74, 6) is -0.385. The van der Waals surface area contributed by atoms with Gasteiger partial charge in [-0.3, -0.25) is 13.9 Å². The maximum Gasteiger partial charge on any atom is 0.264 e. The normalized spacial score (nSPS) is 12.4. The van der Waals surface area contributed by atoms with Crippen molar-refractivity contribution in [3.05, 3.63) is 88.9 Å². The summed E-state index contributed by atoms with van der Waals surface area (Å²) in [6.07, 6.45) is 0. The van der Waals surface area contributed by atoms with Gasteiger partial charge in [-0.1, -0.05) is 41.4 Å².